The minimum Gasteiger partial charge on any atom is -0.339 e. The zero-order chi connectivity index (χ0) is 15.5. The molecule has 0 spiro atoms. The van der Waals surface area contributed by atoms with E-state index in [9.17, 15) is 4.79 Å². The van der Waals surface area contributed by atoms with E-state index in [2.05, 4.69) is 10.3 Å². The molecule has 1 aliphatic heterocycles. The van der Waals surface area contributed by atoms with Gasteiger partial charge >= 0.3 is 0 Å². The van der Waals surface area contributed by atoms with Crippen LogP contribution < -0.4 is 5.32 Å². The lowest BCUT2D eigenvalue weighted by molar-refractivity contribution is 0.0722. The number of aryl methyl sites for hydroxylation is 1. The van der Waals surface area contributed by atoms with Crippen molar-refractivity contribution in [2.45, 2.75) is 32.2 Å². The zero-order valence-corrected chi connectivity index (χ0v) is 15.8. The van der Waals surface area contributed by atoms with Crippen LogP contribution >= 0.6 is 24.8 Å². The number of hydrogen-bond donors (Lipinski definition) is 1. The van der Waals surface area contributed by atoms with Gasteiger partial charge in [0.15, 0.2) is 0 Å². The van der Waals surface area contributed by atoms with E-state index < -0.39 is 0 Å². The van der Waals surface area contributed by atoms with Gasteiger partial charge < -0.3 is 10.2 Å². The fourth-order valence-electron chi connectivity index (χ4n) is 3.23. The van der Waals surface area contributed by atoms with Gasteiger partial charge in [0.2, 0.25) is 0 Å². The fraction of sp³-hybridized carbons (Fsp3) is 0.444. The van der Waals surface area contributed by atoms with Gasteiger partial charge in [0.05, 0.1) is 11.1 Å². The molecule has 0 saturated carbocycles. The highest BCUT2D eigenvalue weighted by Crippen LogP contribution is 2.22. The van der Waals surface area contributed by atoms with Crippen molar-refractivity contribution in [1.29, 1.82) is 0 Å². The molecular weight excluding hydrogens is 345 g/mol. The number of halogens is 2. The predicted octanol–water partition coefficient (Wildman–Crippen LogP) is 3.60. The summed E-state index contributed by atoms with van der Waals surface area (Å²) in [6.45, 7) is 3.98. The first-order chi connectivity index (χ1) is 10.7. The number of rotatable bonds is 2. The molecule has 2 heterocycles. The Labute approximate surface area is 155 Å². The third-order valence-electron chi connectivity index (χ3n) is 4.49. The number of carbonyl (C=O) groups excluding carboxylic acids is 1. The minimum atomic E-state index is 0. The van der Waals surface area contributed by atoms with Gasteiger partial charge in [-0.15, -0.1) is 24.8 Å². The van der Waals surface area contributed by atoms with Crippen molar-refractivity contribution < 1.29 is 4.79 Å². The highest BCUT2D eigenvalue weighted by atomic mass is 35.5. The number of nitrogens with zero attached hydrogens (tertiary/aromatic N) is 2. The van der Waals surface area contributed by atoms with Gasteiger partial charge in [-0.1, -0.05) is 18.2 Å². The Hall–Kier alpha value is -1.36. The average molecular weight is 370 g/mol. The molecular formula is C18H25Cl2N3O. The predicted molar refractivity (Wildman–Crippen MR) is 104 cm³/mol. The largest absolute Gasteiger partial charge is 0.339 e. The maximum absolute atomic E-state index is 13.0. The maximum atomic E-state index is 13.0. The van der Waals surface area contributed by atoms with Crippen molar-refractivity contribution in [3.05, 3.63) is 41.6 Å². The van der Waals surface area contributed by atoms with E-state index in [1.807, 2.05) is 49.2 Å². The van der Waals surface area contributed by atoms with Gasteiger partial charge in [0.25, 0.3) is 5.91 Å². The molecule has 0 radical (unpaired) electrons. The quantitative estimate of drug-likeness (QED) is 0.879. The van der Waals surface area contributed by atoms with Crippen molar-refractivity contribution >= 4 is 41.6 Å². The average Bonchev–Trinajstić information content (AvgIpc) is 2.82. The van der Waals surface area contributed by atoms with E-state index in [0.29, 0.717) is 6.04 Å². The normalized spacial score (nSPS) is 17.3. The molecule has 2 aromatic rings. The topological polar surface area (TPSA) is 45.2 Å². The lowest BCUT2D eigenvalue weighted by Gasteiger charge is -2.27. The van der Waals surface area contributed by atoms with Crippen LogP contribution in [0.2, 0.25) is 0 Å². The molecule has 132 valence electrons. The number of benzene rings is 1. The first-order valence-electron chi connectivity index (χ1n) is 8.01. The standard InChI is InChI=1S/C18H23N3O.2ClH/c1-13-12-16(15-7-3-4-8-17(15)20-13)18(22)21(2)14-6-5-10-19-11-9-14;;/h3-4,7-8,12,14,19H,5-6,9-11H2,1-2H3;2*1H. The Morgan fingerprint density at radius 2 is 1.96 bits per heavy atom. The second kappa shape index (κ2) is 9.21. The van der Waals surface area contributed by atoms with Crippen LogP contribution in [0.5, 0.6) is 0 Å². The first-order valence-corrected chi connectivity index (χ1v) is 8.01. The van der Waals surface area contributed by atoms with Gasteiger partial charge in [-0.2, -0.15) is 0 Å². The molecule has 1 aliphatic rings. The van der Waals surface area contributed by atoms with E-state index >= 15 is 0 Å². The smallest absolute Gasteiger partial charge is 0.254 e. The number of carbonyl (C=O) groups is 1. The van der Waals surface area contributed by atoms with Crippen LogP contribution in [0.15, 0.2) is 30.3 Å². The number of hydrogen-bond acceptors (Lipinski definition) is 3. The van der Waals surface area contributed by atoms with E-state index in [0.717, 1.165) is 54.5 Å². The molecule has 4 nitrogen and oxygen atoms in total. The zero-order valence-electron chi connectivity index (χ0n) is 14.1. The molecule has 1 unspecified atom stereocenters. The van der Waals surface area contributed by atoms with Crippen LogP contribution in [0.1, 0.15) is 35.3 Å². The molecule has 1 atom stereocenters. The summed E-state index contributed by atoms with van der Waals surface area (Å²) in [7, 11) is 1.93. The molecule has 1 aromatic heterocycles. The van der Waals surface area contributed by atoms with Gasteiger partial charge in [0.1, 0.15) is 0 Å². The number of amides is 1. The number of pyridine rings is 1. The second-order valence-electron chi connectivity index (χ2n) is 6.08. The van der Waals surface area contributed by atoms with Crippen molar-refractivity contribution in [2.24, 2.45) is 0 Å². The summed E-state index contributed by atoms with van der Waals surface area (Å²) in [5.41, 5.74) is 2.54. The van der Waals surface area contributed by atoms with Crippen molar-refractivity contribution in [1.82, 2.24) is 15.2 Å². The number of nitrogens with one attached hydrogen (secondary N) is 1. The number of para-hydroxylation sites is 1. The molecule has 1 amide bonds. The summed E-state index contributed by atoms with van der Waals surface area (Å²) >= 11 is 0. The Morgan fingerprint density at radius 1 is 1.21 bits per heavy atom. The lowest BCUT2D eigenvalue weighted by Crippen LogP contribution is -2.37. The number of aromatic nitrogens is 1. The summed E-state index contributed by atoms with van der Waals surface area (Å²) in [6, 6.07) is 10.1. The summed E-state index contributed by atoms with van der Waals surface area (Å²) in [5, 5.41) is 4.34. The Kier molecular flexibility index (Phi) is 7.94. The van der Waals surface area contributed by atoms with E-state index in [4.69, 9.17) is 0 Å². The van der Waals surface area contributed by atoms with Gasteiger partial charge in [-0.3, -0.25) is 9.78 Å². The molecule has 1 aromatic carbocycles. The van der Waals surface area contributed by atoms with Crippen LogP contribution in [0.25, 0.3) is 10.9 Å². The highest BCUT2D eigenvalue weighted by molar-refractivity contribution is 6.06. The number of fused-ring (bicyclic) bond motifs is 1. The maximum Gasteiger partial charge on any atom is 0.254 e. The SMILES string of the molecule is Cc1cc(C(=O)N(C)C2CCCNCC2)c2ccccc2n1.Cl.Cl. The molecule has 3 rings (SSSR count). The molecule has 24 heavy (non-hydrogen) atoms. The van der Waals surface area contributed by atoms with Crippen molar-refractivity contribution in [3.8, 4) is 0 Å². The molecule has 1 N–H and O–H groups in total. The first kappa shape index (κ1) is 20.7. The van der Waals surface area contributed by atoms with E-state index in [1.165, 1.54) is 0 Å². The van der Waals surface area contributed by atoms with Crippen molar-refractivity contribution in [3.63, 3.8) is 0 Å². The fourth-order valence-corrected chi connectivity index (χ4v) is 3.23. The van der Waals surface area contributed by atoms with Crippen molar-refractivity contribution in [2.75, 3.05) is 20.1 Å². The van der Waals surface area contributed by atoms with Crippen LogP contribution in [-0.4, -0.2) is 42.0 Å². The minimum absolute atomic E-state index is 0. The van der Waals surface area contributed by atoms with Gasteiger partial charge in [-0.05, 0) is 51.4 Å². The van der Waals surface area contributed by atoms with E-state index in [1.54, 1.807) is 0 Å². The summed E-state index contributed by atoms with van der Waals surface area (Å²) in [6.07, 6.45) is 3.21. The third kappa shape index (κ3) is 4.38. The van der Waals surface area contributed by atoms with E-state index in [-0.39, 0.29) is 30.7 Å². The summed E-state index contributed by atoms with van der Waals surface area (Å²) in [4.78, 5) is 19.4. The molecule has 0 aliphatic carbocycles. The lowest BCUT2D eigenvalue weighted by atomic mass is 10.0. The Balaban J connectivity index is 0.00000144. The van der Waals surface area contributed by atoms with Gasteiger partial charge in [0, 0.05) is 24.2 Å². The third-order valence-corrected chi connectivity index (χ3v) is 4.49. The molecule has 1 fully saturated rings. The van der Waals surface area contributed by atoms with Crippen LogP contribution in [-0.2, 0) is 0 Å². The summed E-state index contributed by atoms with van der Waals surface area (Å²) in [5.74, 6) is 0.105. The Bertz CT molecular complexity index is 685. The Morgan fingerprint density at radius 3 is 2.75 bits per heavy atom. The van der Waals surface area contributed by atoms with Crippen LogP contribution in [0.4, 0.5) is 0 Å². The monoisotopic (exact) mass is 369 g/mol. The van der Waals surface area contributed by atoms with Gasteiger partial charge in [-0.25, -0.2) is 0 Å². The van der Waals surface area contributed by atoms with Crippen LogP contribution in [0.3, 0.4) is 0 Å². The molecule has 1 saturated heterocycles. The molecule has 6 heteroatoms. The highest BCUT2D eigenvalue weighted by Gasteiger charge is 2.23. The summed E-state index contributed by atoms with van der Waals surface area (Å²) < 4.78 is 0. The molecule has 0 bridgehead atoms. The van der Waals surface area contributed by atoms with Crippen LogP contribution in [0, 0.1) is 6.92 Å². The second-order valence-corrected chi connectivity index (χ2v) is 6.08.